The minimum Gasteiger partial charge on any atom is -0.318 e. The Kier molecular flexibility index (Phi) is 6.06. The quantitative estimate of drug-likeness (QED) is 0.428. The lowest BCUT2D eigenvalue weighted by Gasteiger charge is -2.20. The molecule has 0 amide bonds. The van der Waals surface area contributed by atoms with Crippen LogP contribution in [-0.4, -0.2) is 30.7 Å². The molecular formula is C12H20N4O4S. The minimum atomic E-state index is -3.74. The maximum Gasteiger partial charge on any atom is 0.294 e. The van der Waals surface area contributed by atoms with E-state index in [4.69, 9.17) is 5.84 Å². The van der Waals surface area contributed by atoms with E-state index in [2.05, 4.69) is 5.43 Å². The van der Waals surface area contributed by atoms with E-state index in [0.717, 1.165) is 18.9 Å². The third-order valence-corrected chi connectivity index (χ3v) is 5.04. The van der Waals surface area contributed by atoms with Gasteiger partial charge in [0.05, 0.1) is 9.82 Å². The van der Waals surface area contributed by atoms with Gasteiger partial charge in [0.15, 0.2) is 0 Å². The van der Waals surface area contributed by atoms with Crippen LogP contribution in [0.15, 0.2) is 23.1 Å². The zero-order chi connectivity index (χ0) is 16.0. The zero-order valence-electron chi connectivity index (χ0n) is 12.1. The van der Waals surface area contributed by atoms with Crippen LogP contribution in [0.25, 0.3) is 0 Å². The van der Waals surface area contributed by atoms with Gasteiger partial charge in [-0.15, -0.1) is 0 Å². The molecule has 0 saturated heterocycles. The van der Waals surface area contributed by atoms with Gasteiger partial charge in [-0.05, 0) is 18.6 Å². The second-order valence-electron chi connectivity index (χ2n) is 4.43. The number of rotatable bonds is 8. The summed E-state index contributed by atoms with van der Waals surface area (Å²) in [7, 11) is -3.74. The molecule has 0 fully saturated rings. The lowest BCUT2D eigenvalue weighted by atomic mass is 10.3. The monoisotopic (exact) mass is 316 g/mol. The molecule has 0 saturated carbocycles. The maximum atomic E-state index is 12.5. The Balaban J connectivity index is 3.24. The molecule has 8 nitrogen and oxygen atoms in total. The second-order valence-corrected chi connectivity index (χ2v) is 6.37. The Morgan fingerprint density at radius 1 is 1.38 bits per heavy atom. The van der Waals surface area contributed by atoms with Gasteiger partial charge in [-0.2, -0.15) is 4.31 Å². The molecule has 9 heteroatoms. The predicted molar refractivity (Wildman–Crippen MR) is 80.2 cm³/mol. The normalized spacial score (nSPS) is 11.6. The molecule has 1 aromatic rings. The fourth-order valence-electron chi connectivity index (χ4n) is 1.88. The van der Waals surface area contributed by atoms with Gasteiger partial charge < -0.3 is 5.43 Å². The number of sulfonamides is 1. The van der Waals surface area contributed by atoms with Gasteiger partial charge >= 0.3 is 0 Å². The predicted octanol–water partition coefficient (Wildman–Crippen LogP) is 1.69. The average molecular weight is 316 g/mol. The van der Waals surface area contributed by atoms with E-state index < -0.39 is 14.9 Å². The molecule has 0 heterocycles. The summed E-state index contributed by atoms with van der Waals surface area (Å²) in [5.41, 5.74) is 1.88. The lowest BCUT2D eigenvalue weighted by Crippen LogP contribution is -2.31. The van der Waals surface area contributed by atoms with E-state index in [9.17, 15) is 18.5 Å². The molecule has 0 atom stereocenters. The minimum absolute atomic E-state index is 0.0653. The molecule has 21 heavy (non-hydrogen) atoms. The Morgan fingerprint density at radius 3 is 2.52 bits per heavy atom. The van der Waals surface area contributed by atoms with Crippen LogP contribution in [0.5, 0.6) is 0 Å². The number of nitrogens with two attached hydrogens (primary N) is 1. The van der Waals surface area contributed by atoms with Crippen LogP contribution >= 0.6 is 0 Å². The molecule has 0 radical (unpaired) electrons. The molecule has 1 aromatic carbocycles. The van der Waals surface area contributed by atoms with Gasteiger partial charge in [0.2, 0.25) is 10.0 Å². The third kappa shape index (κ3) is 3.90. The molecule has 0 bridgehead atoms. The molecule has 0 spiro atoms. The van der Waals surface area contributed by atoms with E-state index in [1.54, 1.807) is 6.92 Å². The average Bonchev–Trinajstić information content (AvgIpc) is 2.46. The van der Waals surface area contributed by atoms with Crippen LogP contribution in [0.2, 0.25) is 0 Å². The van der Waals surface area contributed by atoms with Gasteiger partial charge in [-0.25, -0.2) is 8.42 Å². The van der Waals surface area contributed by atoms with Crippen molar-refractivity contribution in [1.82, 2.24) is 4.31 Å². The fraction of sp³-hybridized carbons (Fsp3) is 0.500. The first-order valence-corrected chi connectivity index (χ1v) is 8.07. The first-order chi connectivity index (χ1) is 9.88. The Bertz CT molecular complexity index is 603. The summed E-state index contributed by atoms with van der Waals surface area (Å²) in [5, 5.41) is 11.0. The number of nitrogens with one attached hydrogen (secondary N) is 1. The summed E-state index contributed by atoms with van der Waals surface area (Å²) < 4.78 is 26.3. The first kappa shape index (κ1) is 17.3. The summed E-state index contributed by atoms with van der Waals surface area (Å²) in [6.45, 7) is 4.40. The summed E-state index contributed by atoms with van der Waals surface area (Å²) in [5.74, 6) is 5.18. The number of hydrogen-bond acceptors (Lipinski definition) is 6. The van der Waals surface area contributed by atoms with Gasteiger partial charge in [-0.3, -0.25) is 16.0 Å². The van der Waals surface area contributed by atoms with Crippen molar-refractivity contribution in [3.8, 4) is 0 Å². The number of hydrazine groups is 1. The second kappa shape index (κ2) is 7.34. The smallest absolute Gasteiger partial charge is 0.294 e. The molecule has 1 rings (SSSR count). The number of anilines is 1. The number of benzene rings is 1. The lowest BCUT2D eigenvalue weighted by molar-refractivity contribution is -0.384. The first-order valence-electron chi connectivity index (χ1n) is 6.63. The SMILES string of the molecule is CCCCN(CC)S(=O)(=O)c1ccc(NN)c([N+](=O)[O-])c1. The number of nitro groups is 1. The van der Waals surface area contributed by atoms with E-state index in [-0.39, 0.29) is 16.3 Å². The van der Waals surface area contributed by atoms with Crippen LogP contribution in [0, 0.1) is 10.1 Å². The standard InChI is InChI=1S/C12H20N4O4S/c1-3-5-8-15(4-2)21(19,20)10-6-7-11(14-13)12(9-10)16(17)18/h6-7,9,14H,3-5,8,13H2,1-2H3. The Morgan fingerprint density at radius 2 is 2.05 bits per heavy atom. The van der Waals surface area contributed by atoms with Crippen molar-refractivity contribution < 1.29 is 13.3 Å². The van der Waals surface area contributed by atoms with Crippen molar-refractivity contribution in [2.24, 2.45) is 5.84 Å². The van der Waals surface area contributed by atoms with E-state index >= 15 is 0 Å². The number of hydrogen-bond donors (Lipinski definition) is 2. The number of nitrogen functional groups attached to an aromatic ring is 1. The molecule has 0 aliphatic heterocycles. The number of nitrogens with zero attached hydrogens (tertiary/aromatic N) is 2. The largest absolute Gasteiger partial charge is 0.318 e. The summed E-state index contributed by atoms with van der Waals surface area (Å²) in [4.78, 5) is 10.2. The summed E-state index contributed by atoms with van der Waals surface area (Å²) in [6, 6.07) is 3.63. The highest BCUT2D eigenvalue weighted by molar-refractivity contribution is 7.89. The zero-order valence-corrected chi connectivity index (χ0v) is 12.9. The maximum absolute atomic E-state index is 12.5. The number of unbranched alkanes of at least 4 members (excludes halogenated alkanes) is 1. The molecule has 0 aliphatic carbocycles. The van der Waals surface area contributed by atoms with E-state index in [1.807, 2.05) is 6.92 Å². The van der Waals surface area contributed by atoms with Crippen LogP contribution in [0.4, 0.5) is 11.4 Å². The van der Waals surface area contributed by atoms with Gasteiger partial charge in [0.25, 0.3) is 5.69 Å². The Hall–Kier alpha value is -1.71. The summed E-state index contributed by atoms with van der Waals surface area (Å²) >= 11 is 0. The van der Waals surface area contributed by atoms with Crippen molar-refractivity contribution in [3.05, 3.63) is 28.3 Å². The topological polar surface area (TPSA) is 119 Å². The van der Waals surface area contributed by atoms with Gasteiger partial charge in [-0.1, -0.05) is 20.3 Å². The van der Waals surface area contributed by atoms with Crippen LogP contribution in [-0.2, 0) is 10.0 Å². The van der Waals surface area contributed by atoms with Crippen molar-refractivity contribution in [2.45, 2.75) is 31.6 Å². The van der Waals surface area contributed by atoms with Crippen molar-refractivity contribution in [1.29, 1.82) is 0 Å². The Labute approximate surface area is 124 Å². The molecular weight excluding hydrogens is 296 g/mol. The number of nitro benzene ring substituents is 1. The molecule has 3 N–H and O–H groups in total. The molecule has 0 aromatic heterocycles. The fourth-order valence-corrected chi connectivity index (χ4v) is 3.38. The van der Waals surface area contributed by atoms with Crippen molar-refractivity contribution >= 4 is 21.4 Å². The molecule has 118 valence electrons. The molecule has 0 aliphatic rings. The highest BCUT2D eigenvalue weighted by atomic mass is 32.2. The molecule has 0 unspecified atom stereocenters. The van der Waals surface area contributed by atoms with Crippen LogP contribution in [0.1, 0.15) is 26.7 Å². The van der Waals surface area contributed by atoms with Gasteiger partial charge in [0.1, 0.15) is 5.69 Å². The van der Waals surface area contributed by atoms with Crippen LogP contribution < -0.4 is 11.3 Å². The third-order valence-electron chi connectivity index (χ3n) is 3.07. The van der Waals surface area contributed by atoms with Crippen LogP contribution in [0.3, 0.4) is 0 Å². The highest BCUT2D eigenvalue weighted by Gasteiger charge is 2.26. The van der Waals surface area contributed by atoms with Crippen molar-refractivity contribution in [2.75, 3.05) is 18.5 Å². The summed E-state index contributed by atoms with van der Waals surface area (Å²) in [6.07, 6.45) is 1.60. The van der Waals surface area contributed by atoms with E-state index in [0.29, 0.717) is 13.1 Å². The highest BCUT2D eigenvalue weighted by Crippen LogP contribution is 2.28. The van der Waals surface area contributed by atoms with E-state index in [1.165, 1.54) is 16.4 Å². The van der Waals surface area contributed by atoms with Crippen molar-refractivity contribution in [3.63, 3.8) is 0 Å². The van der Waals surface area contributed by atoms with Gasteiger partial charge in [0, 0.05) is 19.2 Å².